The smallest absolute Gasteiger partial charge is 0.220 e. The number of hydrogen-bond acceptors (Lipinski definition) is 3. The quantitative estimate of drug-likeness (QED) is 0.612. The van der Waals surface area contributed by atoms with Gasteiger partial charge in [-0.1, -0.05) is 31.5 Å². The maximum Gasteiger partial charge on any atom is 0.220 e. The Morgan fingerprint density at radius 2 is 2.60 bits per heavy atom. The van der Waals surface area contributed by atoms with Crippen LogP contribution in [0.1, 0.15) is 26.2 Å². The average Bonchev–Trinajstić information content (AvgIpc) is 2.31. The lowest BCUT2D eigenvalue weighted by molar-refractivity contribution is 0.221. The molecule has 1 aliphatic rings. The van der Waals surface area contributed by atoms with E-state index in [1.165, 1.54) is 19.3 Å². The monoisotopic (exact) mass is 176 g/mol. The molecule has 1 rings (SSSR count). The molecule has 0 radical (unpaired) electrons. The van der Waals surface area contributed by atoms with E-state index >= 15 is 0 Å². The second-order valence-electron chi connectivity index (χ2n) is 2.44. The summed E-state index contributed by atoms with van der Waals surface area (Å²) in [7, 11) is 0. The van der Waals surface area contributed by atoms with Gasteiger partial charge in [0.25, 0.3) is 0 Å². The minimum atomic E-state index is 0.414. The fourth-order valence-corrected chi connectivity index (χ4v) is 2.04. The third-order valence-electron chi connectivity index (χ3n) is 1.53. The van der Waals surface area contributed by atoms with Gasteiger partial charge in [0.05, 0.1) is 0 Å². The van der Waals surface area contributed by atoms with Crippen LogP contribution in [0.15, 0.2) is 0 Å². The third kappa shape index (κ3) is 2.46. The summed E-state index contributed by atoms with van der Waals surface area (Å²) >= 11 is 6.55. The number of unbranched alkanes of at least 4 members (excludes halogenated alkanes) is 1. The number of ether oxygens (including phenoxy) is 1. The van der Waals surface area contributed by atoms with E-state index in [9.17, 15) is 0 Å². The Labute approximate surface area is 71.5 Å². The van der Waals surface area contributed by atoms with Crippen LogP contribution < -0.4 is 0 Å². The third-order valence-corrected chi connectivity index (χ3v) is 2.85. The molecule has 58 valence electrons. The fraction of sp³-hybridized carbons (Fsp3) is 0.857. The minimum Gasteiger partial charge on any atom is -0.474 e. The summed E-state index contributed by atoms with van der Waals surface area (Å²) in [5, 5.41) is 0. The Morgan fingerprint density at radius 1 is 1.80 bits per heavy atom. The van der Waals surface area contributed by atoms with Crippen molar-refractivity contribution >= 4 is 28.4 Å². The summed E-state index contributed by atoms with van der Waals surface area (Å²) < 4.78 is 6.09. The van der Waals surface area contributed by atoms with Crippen LogP contribution >= 0.6 is 24.0 Å². The Morgan fingerprint density at radius 3 is 3.10 bits per heavy atom. The highest BCUT2D eigenvalue weighted by Crippen LogP contribution is 2.23. The molecule has 1 aliphatic heterocycles. The first kappa shape index (κ1) is 8.34. The van der Waals surface area contributed by atoms with Crippen LogP contribution in [-0.2, 0) is 4.74 Å². The lowest BCUT2D eigenvalue weighted by Crippen LogP contribution is -2.08. The maximum atomic E-state index is 5.36. The van der Waals surface area contributed by atoms with E-state index in [2.05, 4.69) is 6.92 Å². The zero-order valence-electron chi connectivity index (χ0n) is 6.13. The molecule has 1 fully saturated rings. The van der Waals surface area contributed by atoms with Crippen LogP contribution in [0.2, 0.25) is 0 Å². The molecule has 0 aromatic rings. The number of thioether (sulfide) groups is 1. The van der Waals surface area contributed by atoms with Crippen LogP contribution in [0.25, 0.3) is 0 Å². The summed E-state index contributed by atoms with van der Waals surface area (Å²) in [4.78, 5) is 0. The molecule has 0 saturated carbocycles. The summed E-state index contributed by atoms with van der Waals surface area (Å²) in [6.07, 6.45) is 4.09. The minimum absolute atomic E-state index is 0.414. The summed E-state index contributed by atoms with van der Waals surface area (Å²) in [6.45, 7) is 2.19. The van der Waals surface area contributed by atoms with E-state index in [1.54, 1.807) is 11.8 Å². The van der Waals surface area contributed by atoms with Crippen LogP contribution in [-0.4, -0.2) is 16.2 Å². The lowest BCUT2D eigenvalue weighted by Gasteiger charge is -2.06. The SMILES string of the molecule is CCCCC1CSC(=S)O1. The zero-order chi connectivity index (χ0) is 7.40. The molecule has 0 spiro atoms. The molecule has 0 aromatic heterocycles. The molecule has 1 atom stereocenters. The van der Waals surface area contributed by atoms with E-state index in [1.807, 2.05) is 0 Å². The van der Waals surface area contributed by atoms with Gasteiger partial charge in [-0.25, -0.2) is 0 Å². The molecule has 0 aromatic carbocycles. The van der Waals surface area contributed by atoms with Gasteiger partial charge < -0.3 is 4.74 Å². The van der Waals surface area contributed by atoms with Gasteiger partial charge in [0.15, 0.2) is 0 Å². The molecule has 0 N–H and O–H groups in total. The normalized spacial score (nSPS) is 24.9. The largest absolute Gasteiger partial charge is 0.474 e. The summed E-state index contributed by atoms with van der Waals surface area (Å²) in [5.41, 5.74) is 0. The van der Waals surface area contributed by atoms with Crippen molar-refractivity contribution in [2.24, 2.45) is 0 Å². The van der Waals surface area contributed by atoms with E-state index < -0.39 is 0 Å². The van der Waals surface area contributed by atoms with Gasteiger partial charge >= 0.3 is 0 Å². The van der Waals surface area contributed by atoms with Crippen LogP contribution in [0.4, 0.5) is 0 Å². The van der Waals surface area contributed by atoms with E-state index in [0.29, 0.717) is 6.10 Å². The van der Waals surface area contributed by atoms with Gasteiger partial charge in [0.2, 0.25) is 4.38 Å². The maximum absolute atomic E-state index is 5.36. The Hall–Kier alpha value is 0.240. The van der Waals surface area contributed by atoms with Gasteiger partial charge in [-0.3, -0.25) is 0 Å². The molecule has 1 heterocycles. The topological polar surface area (TPSA) is 9.23 Å². The van der Waals surface area contributed by atoms with Crippen LogP contribution in [0.5, 0.6) is 0 Å². The highest BCUT2D eigenvalue weighted by molar-refractivity contribution is 8.22. The molecular formula is C7H12OS2. The van der Waals surface area contributed by atoms with Crippen molar-refractivity contribution in [3.63, 3.8) is 0 Å². The van der Waals surface area contributed by atoms with Crippen molar-refractivity contribution in [2.75, 3.05) is 5.75 Å². The number of rotatable bonds is 3. The Balaban J connectivity index is 2.12. The van der Waals surface area contributed by atoms with Crippen molar-refractivity contribution in [1.29, 1.82) is 0 Å². The molecule has 0 aliphatic carbocycles. The second kappa shape index (κ2) is 4.19. The van der Waals surface area contributed by atoms with Gasteiger partial charge in [0, 0.05) is 5.75 Å². The molecule has 1 saturated heterocycles. The Bertz CT molecular complexity index is 125. The number of hydrogen-bond donors (Lipinski definition) is 0. The summed E-state index contributed by atoms with van der Waals surface area (Å²) in [6, 6.07) is 0. The predicted octanol–water partition coefficient (Wildman–Crippen LogP) is 2.59. The van der Waals surface area contributed by atoms with Crippen molar-refractivity contribution in [2.45, 2.75) is 32.3 Å². The van der Waals surface area contributed by atoms with Crippen LogP contribution in [0, 0.1) is 0 Å². The Kier molecular flexibility index (Phi) is 3.49. The highest BCUT2D eigenvalue weighted by Gasteiger charge is 2.19. The zero-order valence-corrected chi connectivity index (χ0v) is 7.76. The van der Waals surface area contributed by atoms with Gasteiger partial charge in [0.1, 0.15) is 6.10 Å². The summed E-state index contributed by atoms with van der Waals surface area (Å²) in [5.74, 6) is 1.07. The molecular weight excluding hydrogens is 164 g/mol. The van der Waals surface area contributed by atoms with Gasteiger partial charge in [-0.2, -0.15) is 0 Å². The van der Waals surface area contributed by atoms with Gasteiger partial charge in [-0.15, -0.1) is 0 Å². The molecule has 10 heavy (non-hydrogen) atoms. The van der Waals surface area contributed by atoms with Crippen molar-refractivity contribution in [3.8, 4) is 0 Å². The lowest BCUT2D eigenvalue weighted by atomic mass is 10.2. The first-order valence-electron chi connectivity index (χ1n) is 3.66. The predicted molar refractivity (Wildman–Crippen MR) is 49.5 cm³/mol. The number of thiocarbonyl (C=S) groups is 1. The molecule has 0 amide bonds. The van der Waals surface area contributed by atoms with Crippen molar-refractivity contribution in [1.82, 2.24) is 0 Å². The molecule has 3 heteroatoms. The molecule has 1 nitrogen and oxygen atoms in total. The first-order chi connectivity index (χ1) is 4.83. The molecule has 1 unspecified atom stereocenters. The fourth-order valence-electron chi connectivity index (χ4n) is 0.939. The standard InChI is InChI=1S/C7H12OS2/c1-2-3-4-6-5-10-7(9)8-6/h6H,2-5H2,1H3. The second-order valence-corrected chi connectivity index (χ2v) is 4.07. The first-order valence-corrected chi connectivity index (χ1v) is 5.05. The van der Waals surface area contributed by atoms with Crippen LogP contribution in [0.3, 0.4) is 0 Å². The highest BCUT2D eigenvalue weighted by atomic mass is 32.2. The average molecular weight is 176 g/mol. The van der Waals surface area contributed by atoms with Gasteiger partial charge in [-0.05, 0) is 18.6 Å². The van der Waals surface area contributed by atoms with E-state index in [-0.39, 0.29) is 0 Å². The van der Waals surface area contributed by atoms with E-state index in [0.717, 1.165) is 10.1 Å². The van der Waals surface area contributed by atoms with E-state index in [4.69, 9.17) is 17.0 Å². The van der Waals surface area contributed by atoms with Crippen molar-refractivity contribution < 1.29 is 4.74 Å². The van der Waals surface area contributed by atoms with Crippen molar-refractivity contribution in [3.05, 3.63) is 0 Å². The molecule has 0 bridgehead atoms.